The molecule has 0 N–H and O–H groups in total. The molecule has 9 heteroatoms. The number of nitrogens with zero attached hydrogens (tertiary/aromatic N) is 3. The van der Waals surface area contributed by atoms with E-state index < -0.39 is 12.0 Å². The first-order valence-corrected chi connectivity index (χ1v) is 12.1. The number of hydrogen-bond acceptors (Lipinski definition) is 8. The van der Waals surface area contributed by atoms with Gasteiger partial charge in [0.05, 0.1) is 38.0 Å². The van der Waals surface area contributed by atoms with Gasteiger partial charge in [-0.25, -0.2) is 9.79 Å². The lowest BCUT2D eigenvalue weighted by molar-refractivity contribution is -0.138. The normalized spacial score (nSPS) is 19.4. The van der Waals surface area contributed by atoms with Crippen LogP contribution in [-0.2, 0) is 14.3 Å². The van der Waals surface area contributed by atoms with E-state index in [1.165, 1.54) is 17.8 Å². The highest BCUT2D eigenvalue weighted by Crippen LogP contribution is 2.47. The van der Waals surface area contributed by atoms with Gasteiger partial charge in [0.25, 0.3) is 0 Å². The quantitative estimate of drug-likeness (QED) is 0.408. The van der Waals surface area contributed by atoms with E-state index in [0.29, 0.717) is 27.9 Å². The van der Waals surface area contributed by atoms with Crippen molar-refractivity contribution in [3.63, 3.8) is 0 Å². The Bertz CT molecular complexity index is 1090. The summed E-state index contributed by atoms with van der Waals surface area (Å²) in [5.74, 6) is 0.797. The summed E-state index contributed by atoms with van der Waals surface area (Å²) in [6.07, 6.45) is 3.82. The van der Waals surface area contributed by atoms with Gasteiger partial charge in [0, 0.05) is 30.4 Å². The third-order valence-corrected chi connectivity index (χ3v) is 6.97. The molecule has 8 nitrogen and oxygen atoms in total. The molecule has 3 heterocycles. The van der Waals surface area contributed by atoms with Gasteiger partial charge in [0.15, 0.2) is 5.17 Å². The zero-order chi connectivity index (χ0) is 24.2. The van der Waals surface area contributed by atoms with Crippen molar-refractivity contribution in [2.24, 2.45) is 4.99 Å². The van der Waals surface area contributed by atoms with Crippen LogP contribution >= 0.6 is 11.8 Å². The molecule has 0 bridgehead atoms. The number of ether oxygens (including phenoxy) is 3. The van der Waals surface area contributed by atoms with Crippen molar-refractivity contribution in [2.75, 3.05) is 33.9 Å². The second-order valence-electron chi connectivity index (χ2n) is 8.15. The Kier molecular flexibility index (Phi) is 7.31. The van der Waals surface area contributed by atoms with Gasteiger partial charge < -0.3 is 24.0 Å². The first kappa shape index (κ1) is 23.9. The SMILES string of the molecule is C=CCOC(=O)C1=C(C)N=C2SC=C(CC(=O)N3CCCC3)N2C1c1ccc(OC)cc1OC. The summed E-state index contributed by atoms with van der Waals surface area (Å²) < 4.78 is 16.5. The Labute approximate surface area is 203 Å². The number of carbonyl (C=O) groups excluding carboxylic acids is 2. The number of amidine groups is 1. The van der Waals surface area contributed by atoms with E-state index in [1.54, 1.807) is 27.2 Å². The predicted octanol–water partition coefficient (Wildman–Crippen LogP) is 4.02. The van der Waals surface area contributed by atoms with E-state index >= 15 is 0 Å². The molecule has 4 rings (SSSR count). The average Bonchev–Trinajstić information content (AvgIpc) is 3.52. The minimum atomic E-state index is -0.571. The van der Waals surface area contributed by atoms with Gasteiger partial charge in [0.1, 0.15) is 18.1 Å². The minimum absolute atomic E-state index is 0.0769. The second kappa shape index (κ2) is 10.4. The maximum Gasteiger partial charge on any atom is 0.338 e. The van der Waals surface area contributed by atoms with E-state index in [2.05, 4.69) is 6.58 Å². The fourth-order valence-corrected chi connectivity index (χ4v) is 5.38. The molecule has 0 saturated carbocycles. The van der Waals surface area contributed by atoms with Crippen molar-refractivity contribution in [3.05, 3.63) is 58.8 Å². The van der Waals surface area contributed by atoms with Crippen LogP contribution in [0.5, 0.6) is 11.5 Å². The summed E-state index contributed by atoms with van der Waals surface area (Å²) >= 11 is 1.45. The molecule has 3 aliphatic heterocycles. The predicted molar refractivity (Wildman–Crippen MR) is 132 cm³/mol. The van der Waals surface area contributed by atoms with Crippen molar-refractivity contribution >= 4 is 28.8 Å². The highest BCUT2D eigenvalue weighted by Gasteiger charge is 2.42. The summed E-state index contributed by atoms with van der Waals surface area (Å²) in [6, 6.07) is 4.92. The number of allylic oxidation sites excluding steroid dienone is 1. The summed E-state index contributed by atoms with van der Waals surface area (Å²) in [5, 5.41) is 2.66. The van der Waals surface area contributed by atoms with E-state index in [4.69, 9.17) is 19.2 Å². The third kappa shape index (κ3) is 4.57. The molecule has 1 aromatic carbocycles. The van der Waals surface area contributed by atoms with Gasteiger partial charge in [-0.05, 0) is 37.3 Å². The number of hydrogen-bond donors (Lipinski definition) is 0. The molecular formula is C25H29N3O5S. The molecule has 0 aliphatic carbocycles. The number of benzene rings is 1. The molecular weight excluding hydrogens is 454 g/mol. The van der Waals surface area contributed by atoms with E-state index in [1.807, 2.05) is 27.3 Å². The zero-order valence-corrected chi connectivity index (χ0v) is 20.5. The summed E-state index contributed by atoms with van der Waals surface area (Å²) in [4.78, 5) is 34.8. The largest absolute Gasteiger partial charge is 0.497 e. The first-order chi connectivity index (χ1) is 16.5. The lowest BCUT2D eigenvalue weighted by Crippen LogP contribution is -2.38. The van der Waals surface area contributed by atoms with Gasteiger partial charge in [-0.15, -0.1) is 0 Å². The fraction of sp³-hybridized carbons (Fsp3) is 0.400. The number of esters is 1. The molecule has 1 saturated heterocycles. The van der Waals surface area contributed by atoms with Crippen LogP contribution in [0.4, 0.5) is 0 Å². The molecule has 0 aromatic heterocycles. The Morgan fingerprint density at radius 2 is 2.00 bits per heavy atom. The number of amides is 1. The molecule has 1 fully saturated rings. The van der Waals surface area contributed by atoms with Crippen LogP contribution in [0.2, 0.25) is 0 Å². The molecule has 0 spiro atoms. The Balaban J connectivity index is 1.77. The van der Waals surface area contributed by atoms with Crippen molar-refractivity contribution < 1.29 is 23.8 Å². The molecule has 1 unspecified atom stereocenters. The van der Waals surface area contributed by atoms with Gasteiger partial charge in [-0.2, -0.15) is 0 Å². The Morgan fingerprint density at radius 3 is 2.68 bits per heavy atom. The molecule has 34 heavy (non-hydrogen) atoms. The highest BCUT2D eigenvalue weighted by atomic mass is 32.2. The van der Waals surface area contributed by atoms with Gasteiger partial charge in [-0.3, -0.25) is 4.79 Å². The van der Waals surface area contributed by atoms with Crippen LogP contribution in [0.1, 0.15) is 37.8 Å². The van der Waals surface area contributed by atoms with Crippen LogP contribution in [0.3, 0.4) is 0 Å². The molecule has 1 amide bonds. The second-order valence-corrected chi connectivity index (χ2v) is 8.99. The third-order valence-electron chi connectivity index (χ3n) is 6.08. The number of methoxy groups -OCH3 is 2. The molecule has 180 valence electrons. The molecule has 1 atom stereocenters. The minimum Gasteiger partial charge on any atom is -0.497 e. The summed E-state index contributed by atoms with van der Waals surface area (Å²) in [7, 11) is 3.17. The van der Waals surface area contributed by atoms with E-state index in [9.17, 15) is 9.59 Å². The zero-order valence-electron chi connectivity index (χ0n) is 19.7. The number of aliphatic imine (C=N–C) groups is 1. The summed E-state index contributed by atoms with van der Waals surface area (Å²) in [5.41, 5.74) is 2.51. The lowest BCUT2D eigenvalue weighted by atomic mass is 9.93. The van der Waals surface area contributed by atoms with Crippen molar-refractivity contribution in [1.29, 1.82) is 0 Å². The number of rotatable bonds is 8. The fourth-order valence-electron chi connectivity index (χ4n) is 4.42. The van der Waals surface area contributed by atoms with Crippen LogP contribution in [0, 0.1) is 0 Å². The smallest absolute Gasteiger partial charge is 0.338 e. The Morgan fingerprint density at radius 1 is 1.24 bits per heavy atom. The van der Waals surface area contributed by atoms with Gasteiger partial charge in [0.2, 0.25) is 5.91 Å². The van der Waals surface area contributed by atoms with Crippen molar-refractivity contribution in [1.82, 2.24) is 9.80 Å². The van der Waals surface area contributed by atoms with Gasteiger partial charge in [-0.1, -0.05) is 24.4 Å². The van der Waals surface area contributed by atoms with Crippen LogP contribution in [-0.4, -0.2) is 60.8 Å². The van der Waals surface area contributed by atoms with Crippen molar-refractivity contribution in [2.45, 2.75) is 32.2 Å². The van der Waals surface area contributed by atoms with Gasteiger partial charge >= 0.3 is 5.97 Å². The monoisotopic (exact) mass is 483 g/mol. The number of fused-ring (bicyclic) bond motifs is 1. The molecule has 3 aliphatic rings. The first-order valence-electron chi connectivity index (χ1n) is 11.2. The van der Waals surface area contributed by atoms with Crippen LogP contribution in [0.15, 0.2) is 58.2 Å². The van der Waals surface area contributed by atoms with E-state index in [-0.39, 0.29) is 18.9 Å². The van der Waals surface area contributed by atoms with Crippen LogP contribution in [0.25, 0.3) is 0 Å². The molecule has 1 aromatic rings. The van der Waals surface area contributed by atoms with Crippen molar-refractivity contribution in [3.8, 4) is 11.5 Å². The standard InChI is InChI=1S/C25H29N3O5S/c1-5-12-33-24(30)22-16(2)26-25-28(17(15-34-25)13-21(29)27-10-6-7-11-27)23(22)19-9-8-18(31-3)14-20(19)32-4/h5,8-9,14-15,23H,1,6-7,10-13H2,2-4H3. The number of likely N-dealkylation sites (tertiary alicyclic amines) is 1. The summed E-state index contributed by atoms with van der Waals surface area (Å²) in [6.45, 7) is 7.09. The lowest BCUT2D eigenvalue weighted by Gasteiger charge is -2.37. The van der Waals surface area contributed by atoms with Crippen LogP contribution < -0.4 is 9.47 Å². The maximum atomic E-state index is 13.2. The van der Waals surface area contributed by atoms with E-state index in [0.717, 1.165) is 37.2 Å². The number of carbonyl (C=O) groups is 2. The number of thioether (sulfide) groups is 1. The maximum absolute atomic E-state index is 13.2. The topological polar surface area (TPSA) is 80.7 Å². The Hall–Kier alpha value is -3.20. The molecule has 0 radical (unpaired) electrons. The average molecular weight is 484 g/mol. The highest BCUT2D eigenvalue weighted by molar-refractivity contribution is 8.16.